The minimum atomic E-state index is -0.249. The summed E-state index contributed by atoms with van der Waals surface area (Å²) in [6.07, 6.45) is 12.2. The number of phenols is 1. The molecule has 1 heterocycles. The van der Waals surface area contributed by atoms with E-state index in [4.69, 9.17) is 0 Å². The monoisotopic (exact) mass is 362 g/mol. The van der Waals surface area contributed by atoms with Crippen LogP contribution in [0.15, 0.2) is 89.5 Å². The highest BCUT2D eigenvalue weighted by atomic mass is 16.3. The van der Waals surface area contributed by atoms with Gasteiger partial charge in [-0.2, -0.15) is 10.1 Å². The van der Waals surface area contributed by atoms with Gasteiger partial charge < -0.3 is 15.7 Å². The van der Waals surface area contributed by atoms with Crippen LogP contribution in [-0.4, -0.2) is 28.3 Å². The van der Waals surface area contributed by atoms with Crippen LogP contribution in [0.5, 0.6) is 5.75 Å². The number of benzene rings is 1. The number of carbonyl (C=O) groups is 1. The fourth-order valence-corrected chi connectivity index (χ4v) is 2.66. The SMILES string of the molecule is C=C1NC(CNc2ccc(O)cc2)=CC(=O)N1/N=C(\C)C1=CC=CC=CC1. The maximum atomic E-state index is 12.5. The Morgan fingerprint density at radius 3 is 2.81 bits per heavy atom. The Hall–Kier alpha value is -3.54. The van der Waals surface area contributed by atoms with Gasteiger partial charge in [0, 0.05) is 17.5 Å². The Labute approximate surface area is 158 Å². The molecule has 1 amide bonds. The Bertz CT molecular complexity index is 889. The molecule has 3 rings (SSSR count). The first-order chi connectivity index (χ1) is 13.0. The smallest absolute Gasteiger partial charge is 0.274 e. The Balaban J connectivity index is 1.67. The van der Waals surface area contributed by atoms with Crippen LogP contribution < -0.4 is 10.6 Å². The second-order valence-corrected chi connectivity index (χ2v) is 6.19. The summed E-state index contributed by atoms with van der Waals surface area (Å²) in [7, 11) is 0. The average Bonchev–Trinajstić information content (AvgIpc) is 2.93. The van der Waals surface area contributed by atoms with Gasteiger partial charge in [-0.1, -0.05) is 37.0 Å². The zero-order valence-corrected chi connectivity index (χ0v) is 15.1. The van der Waals surface area contributed by atoms with E-state index in [2.05, 4.69) is 22.3 Å². The predicted octanol–water partition coefficient (Wildman–Crippen LogP) is 3.41. The molecule has 2 aliphatic rings. The van der Waals surface area contributed by atoms with E-state index in [0.29, 0.717) is 18.1 Å². The minimum Gasteiger partial charge on any atom is -0.508 e. The zero-order chi connectivity index (χ0) is 19.2. The third kappa shape index (κ3) is 4.76. The van der Waals surface area contributed by atoms with Crippen molar-refractivity contribution in [2.45, 2.75) is 13.3 Å². The number of hydrazone groups is 1. The van der Waals surface area contributed by atoms with Crippen LogP contribution in [0.3, 0.4) is 0 Å². The van der Waals surface area contributed by atoms with E-state index in [1.54, 1.807) is 24.3 Å². The van der Waals surface area contributed by atoms with Gasteiger partial charge in [0.05, 0.1) is 12.3 Å². The number of carbonyl (C=O) groups excluding carboxylic acids is 1. The van der Waals surface area contributed by atoms with Crippen molar-refractivity contribution in [3.05, 3.63) is 84.4 Å². The molecule has 1 aliphatic carbocycles. The van der Waals surface area contributed by atoms with Crippen molar-refractivity contribution < 1.29 is 9.90 Å². The fraction of sp³-hybridized carbons (Fsp3) is 0.143. The van der Waals surface area contributed by atoms with Crippen molar-refractivity contribution in [1.82, 2.24) is 10.3 Å². The first kappa shape index (κ1) is 18.3. The number of nitrogens with one attached hydrogen (secondary N) is 2. The van der Waals surface area contributed by atoms with Crippen molar-refractivity contribution in [2.75, 3.05) is 11.9 Å². The number of aromatic hydroxyl groups is 1. The lowest BCUT2D eigenvalue weighted by molar-refractivity contribution is -0.125. The second-order valence-electron chi connectivity index (χ2n) is 6.19. The molecular formula is C21H22N4O2. The highest BCUT2D eigenvalue weighted by Gasteiger charge is 2.22. The van der Waals surface area contributed by atoms with Crippen molar-refractivity contribution >= 4 is 17.3 Å². The van der Waals surface area contributed by atoms with E-state index in [1.807, 2.05) is 37.3 Å². The molecule has 138 valence electrons. The van der Waals surface area contributed by atoms with Gasteiger partial charge >= 0.3 is 0 Å². The lowest BCUT2D eigenvalue weighted by atomic mass is 10.1. The summed E-state index contributed by atoms with van der Waals surface area (Å²) in [6.45, 7) is 6.22. The molecule has 0 saturated heterocycles. The molecule has 0 aromatic heterocycles. The van der Waals surface area contributed by atoms with E-state index in [-0.39, 0.29) is 11.7 Å². The highest BCUT2D eigenvalue weighted by Crippen LogP contribution is 2.17. The molecule has 3 N–H and O–H groups in total. The van der Waals surface area contributed by atoms with Crippen LogP contribution in [0.4, 0.5) is 5.69 Å². The summed E-state index contributed by atoms with van der Waals surface area (Å²) in [5, 5.41) is 21.3. The van der Waals surface area contributed by atoms with Gasteiger partial charge in [0.15, 0.2) is 0 Å². The molecule has 1 aromatic rings. The van der Waals surface area contributed by atoms with E-state index >= 15 is 0 Å². The Morgan fingerprint density at radius 2 is 2.07 bits per heavy atom. The Morgan fingerprint density at radius 1 is 1.30 bits per heavy atom. The normalized spacial score (nSPS) is 17.2. The van der Waals surface area contributed by atoms with E-state index in [0.717, 1.165) is 23.4 Å². The minimum absolute atomic E-state index is 0.206. The van der Waals surface area contributed by atoms with Crippen LogP contribution >= 0.6 is 0 Å². The summed E-state index contributed by atoms with van der Waals surface area (Å²) in [4.78, 5) is 12.5. The molecule has 1 aliphatic heterocycles. The van der Waals surface area contributed by atoms with Gasteiger partial charge in [0.1, 0.15) is 11.6 Å². The number of nitrogens with zero attached hydrogens (tertiary/aromatic N) is 2. The number of allylic oxidation sites excluding steroid dienone is 6. The van der Waals surface area contributed by atoms with E-state index in [1.165, 1.54) is 11.1 Å². The summed E-state index contributed by atoms with van der Waals surface area (Å²) in [5.41, 5.74) is 3.35. The topological polar surface area (TPSA) is 77.0 Å². The maximum absolute atomic E-state index is 12.5. The van der Waals surface area contributed by atoms with Gasteiger partial charge in [-0.15, -0.1) is 0 Å². The third-order valence-electron chi connectivity index (χ3n) is 4.13. The van der Waals surface area contributed by atoms with Gasteiger partial charge in [0.2, 0.25) is 0 Å². The molecule has 1 aromatic carbocycles. The lowest BCUT2D eigenvalue weighted by Gasteiger charge is -2.26. The van der Waals surface area contributed by atoms with Gasteiger partial charge in [-0.05, 0) is 43.2 Å². The van der Waals surface area contributed by atoms with Crippen molar-refractivity contribution in [3.63, 3.8) is 0 Å². The average molecular weight is 362 g/mol. The van der Waals surface area contributed by atoms with Crippen LogP contribution in [0.2, 0.25) is 0 Å². The van der Waals surface area contributed by atoms with Crippen LogP contribution in [-0.2, 0) is 4.79 Å². The maximum Gasteiger partial charge on any atom is 0.274 e. The number of amides is 1. The molecule has 0 saturated carbocycles. The highest BCUT2D eigenvalue weighted by molar-refractivity contribution is 6.00. The summed E-state index contributed by atoms with van der Waals surface area (Å²) in [5.74, 6) is 0.364. The predicted molar refractivity (Wildman–Crippen MR) is 108 cm³/mol. The molecule has 0 bridgehead atoms. The number of hydrogen-bond donors (Lipinski definition) is 3. The first-order valence-electron chi connectivity index (χ1n) is 8.64. The van der Waals surface area contributed by atoms with Gasteiger partial charge in [0.25, 0.3) is 5.91 Å². The molecule has 0 atom stereocenters. The number of anilines is 1. The van der Waals surface area contributed by atoms with Crippen LogP contribution in [0.25, 0.3) is 0 Å². The first-order valence-corrected chi connectivity index (χ1v) is 8.64. The molecule has 27 heavy (non-hydrogen) atoms. The molecule has 0 unspecified atom stereocenters. The Kier molecular flexibility index (Phi) is 5.56. The molecular weight excluding hydrogens is 340 g/mol. The van der Waals surface area contributed by atoms with Crippen LogP contribution in [0, 0.1) is 0 Å². The lowest BCUT2D eigenvalue weighted by Crippen LogP contribution is -2.38. The zero-order valence-electron chi connectivity index (χ0n) is 15.1. The van der Waals surface area contributed by atoms with Crippen LogP contribution in [0.1, 0.15) is 13.3 Å². The molecule has 0 radical (unpaired) electrons. The van der Waals surface area contributed by atoms with Crippen molar-refractivity contribution in [2.24, 2.45) is 5.10 Å². The van der Waals surface area contributed by atoms with E-state index in [9.17, 15) is 9.90 Å². The molecule has 6 nitrogen and oxygen atoms in total. The summed E-state index contributed by atoms with van der Waals surface area (Å²) < 4.78 is 0. The second kappa shape index (κ2) is 8.23. The standard InChI is InChI=1S/C21H22N4O2/c1-15(17-7-5-3-4-6-8-17)24-25-16(2)23-19(13-21(25)27)14-22-18-9-11-20(26)12-10-18/h3-7,9-13,22-23,26H,2,8,14H2,1H3/b24-15+. The third-order valence-corrected chi connectivity index (χ3v) is 4.13. The van der Waals surface area contributed by atoms with Crippen molar-refractivity contribution in [3.8, 4) is 5.75 Å². The largest absolute Gasteiger partial charge is 0.508 e. The van der Waals surface area contributed by atoms with Gasteiger partial charge in [-0.25, -0.2) is 0 Å². The number of phenolic OH excluding ortho intramolecular Hbond substituents is 1. The fourth-order valence-electron chi connectivity index (χ4n) is 2.66. The summed E-state index contributed by atoms with van der Waals surface area (Å²) >= 11 is 0. The quantitative estimate of drug-likeness (QED) is 0.554. The van der Waals surface area contributed by atoms with Crippen molar-refractivity contribution in [1.29, 1.82) is 0 Å². The van der Waals surface area contributed by atoms with Gasteiger partial charge in [-0.3, -0.25) is 4.79 Å². The molecule has 0 fully saturated rings. The summed E-state index contributed by atoms with van der Waals surface area (Å²) in [6, 6.07) is 6.72. The van der Waals surface area contributed by atoms with E-state index < -0.39 is 0 Å². The number of hydrogen-bond acceptors (Lipinski definition) is 5. The number of rotatable bonds is 5. The molecule has 6 heteroatoms. The molecule has 0 spiro atoms.